The van der Waals surface area contributed by atoms with Gasteiger partial charge >= 0.3 is 11.8 Å². The minimum atomic E-state index is -0.773. The van der Waals surface area contributed by atoms with E-state index in [-0.39, 0.29) is 13.1 Å². The molecule has 0 aliphatic heterocycles. The van der Waals surface area contributed by atoms with Gasteiger partial charge in [-0.25, -0.2) is 0 Å². The largest absolute Gasteiger partial charge is 0.366 e. The smallest absolute Gasteiger partial charge is 0.313 e. The van der Waals surface area contributed by atoms with Gasteiger partial charge in [0, 0.05) is 24.3 Å². The van der Waals surface area contributed by atoms with Crippen LogP contribution in [0.5, 0.6) is 0 Å². The van der Waals surface area contributed by atoms with Crippen molar-refractivity contribution in [2.24, 2.45) is 5.73 Å². The van der Waals surface area contributed by atoms with Gasteiger partial charge in [0.1, 0.15) is 0 Å². The van der Waals surface area contributed by atoms with Crippen LogP contribution in [-0.2, 0) is 9.59 Å². The second kappa shape index (κ2) is 7.64. The maximum Gasteiger partial charge on any atom is 0.313 e. The molecule has 0 spiro atoms. The first-order valence-electron chi connectivity index (χ1n) is 6.21. The van der Waals surface area contributed by atoms with Crippen molar-refractivity contribution < 1.29 is 14.4 Å². The minimum Gasteiger partial charge on any atom is -0.366 e. The van der Waals surface area contributed by atoms with E-state index < -0.39 is 17.7 Å². The molecule has 0 radical (unpaired) electrons. The summed E-state index contributed by atoms with van der Waals surface area (Å²) in [4.78, 5) is 36.0. The topological polar surface area (TPSA) is 92.5 Å². The number of nitrogens with zero attached hydrogens (tertiary/aromatic N) is 1. The van der Waals surface area contributed by atoms with Crippen LogP contribution < -0.4 is 11.1 Å². The lowest BCUT2D eigenvalue weighted by Crippen LogP contribution is -2.39. The molecule has 110 valence electrons. The van der Waals surface area contributed by atoms with E-state index in [1.165, 1.54) is 41.3 Å². The number of primary amides is 1. The summed E-state index contributed by atoms with van der Waals surface area (Å²) in [7, 11) is 0. The van der Waals surface area contributed by atoms with Gasteiger partial charge in [0.15, 0.2) is 0 Å². The molecule has 0 saturated carbocycles. The van der Waals surface area contributed by atoms with Gasteiger partial charge in [-0.3, -0.25) is 14.4 Å². The second-order valence-electron chi connectivity index (χ2n) is 4.18. The Morgan fingerprint density at radius 2 is 1.62 bits per heavy atom. The third kappa shape index (κ3) is 4.61. The average molecular weight is 287 g/mol. The van der Waals surface area contributed by atoms with Crippen LogP contribution in [0.3, 0.4) is 0 Å². The van der Waals surface area contributed by atoms with Crippen molar-refractivity contribution in [2.75, 3.05) is 18.4 Å². The molecule has 3 N–H and O–H groups in total. The molecule has 3 amide bonds. The molecule has 0 aliphatic carbocycles. The number of carbonyl (C=O) groups is 3. The van der Waals surface area contributed by atoms with E-state index in [1.54, 1.807) is 0 Å². The molecule has 6 heteroatoms. The van der Waals surface area contributed by atoms with E-state index in [2.05, 4.69) is 18.5 Å². The number of hydrogen-bond donors (Lipinski definition) is 2. The van der Waals surface area contributed by atoms with Crippen LogP contribution in [0.25, 0.3) is 0 Å². The molecule has 0 aliphatic rings. The van der Waals surface area contributed by atoms with Gasteiger partial charge in [0.05, 0.1) is 0 Å². The molecule has 0 bridgehead atoms. The highest BCUT2D eigenvalue weighted by Crippen LogP contribution is 2.09. The van der Waals surface area contributed by atoms with Crippen molar-refractivity contribution in [3.63, 3.8) is 0 Å². The van der Waals surface area contributed by atoms with E-state index in [0.717, 1.165) is 0 Å². The maximum atomic E-state index is 11.9. The quantitative estimate of drug-likeness (QED) is 0.602. The Morgan fingerprint density at radius 1 is 1.10 bits per heavy atom. The van der Waals surface area contributed by atoms with Gasteiger partial charge < -0.3 is 16.0 Å². The molecule has 0 heterocycles. The Bertz CT molecular complexity index is 554. The maximum absolute atomic E-state index is 11.9. The van der Waals surface area contributed by atoms with Crippen molar-refractivity contribution in [2.45, 2.75) is 0 Å². The third-order valence-electron chi connectivity index (χ3n) is 2.61. The SMILES string of the molecule is C=CCN(CC=C)C(=O)C(=O)Nc1ccc(C(N)=O)cc1. The summed E-state index contributed by atoms with van der Waals surface area (Å²) in [5.41, 5.74) is 5.83. The lowest BCUT2D eigenvalue weighted by atomic mass is 10.2. The van der Waals surface area contributed by atoms with Gasteiger partial charge in [-0.1, -0.05) is 12.2 Å². The fourth-order valence-corrected chi connectivity index (χ4v) is 1.60. The molecule has 1 rings (SSSR count). The van der Waals surface area contributed by atoms with Crippen LogP contribution in [0.2, 0.25) is 0 Å². The number of anilines is 1. The van der Waals surface area contributed by atoms with Gasteiger partial charge in [-0.15, -0.1) is 13.2 Å². The standard InChI is InChI=1S/C15H17N3O3/c1-3-9-18(10-4-2)15(21)14(20)17-12-7-5-11(6-8-12)13(16)19/h3-8H,1-2,9-10H2,(H2,16,19)(H,17,20). The lowest BCUT2D eigenvalue weighted by molar-refractivity contribution is -0.142. The minimum absolute atomic E-state index is 0.249. The Morgan fingerprint density at radius 3 is 2.05 bits per heavy atom. The zero-order chi connectivity index (χ0) is 15.8. The van der Waals surface area contributed by atoms with Crippen molar-refractivity contribution >= 4 is 23.4 Å². The van der Waals surface area contributed by atoms with E-state index in [4.69, 9.17) is 5.73 Å². The molecular weight excluding hydrogens is 270 g/mol. The van der Waals surface area contributed by atoms with E-state index in [1.807, 2.05) is 0 Å². The predicted octanol–water partition coefficient (Wildman–Crippen LogP) is 0.925. The Kier molecular flexibility index (Phi) is 5.88. The molecule has 0 aromatic heterocycles. The highest BCUT2D eigenvalue weighted by Gasteiger charge is 2.20. The number of benzene rings is 1. The molecule has 0 unspecified atom stereocenters. The van der Waals surface area contributed by atoms with Crippen LogP contribution in [0.15, 0.2) is 49.6 Å². The molecule has 21 heavy (non-hydrogen) atoms. The van der Waals surface area contributed by atoms with Gasteiger partial charge in [0.25, 0.3) is 0 Å². The van der Waals surface area contributed by atoms with Gasteiger partial charge in [0.2, 0.25) is 5.91 Å². The van der Waals surface area contributed by atoms with E-state index in [9.17, 15) is 14.4 Å². The molecule has 1 aromatic carbocycles. The molecule has 1 aromatic rings. The summed E-state index contributed by atoms with van der Waals surface area (Å²) >= 11 is 0. The number of amides is 3. The molecule has 0 fully saturated rings. The first-order chi connectivity index (χ1) is 9.99. The lowest BCUT2D eigenvalue weighted by Gasteiger charge is -2.18. The van der Waals surface area contributed by atoms with Crippen molar-refractivity contribution in [3.05, 3.63) is 55.1 Å². The van der Waals surface area contributed by atoms with Crippen LogP contribution in [-0.4, -0.2) is 35.7 Å². The Balaban J connectivity index is 2.74. The van der Waals surface area contributed by atoms with E-state index in [0.29, 0.717) is 11.3 Å². The van der Waals surface area contributed by atoms with Gasteiger partial charge in [-0.05, 0) is 24.3 Å². The van der Waals surface area contributed by atoms with Crippen LogP contribution in [0.1, 0.15) is 10.4 Å². The number of carbonyl (C=O) groups excluding carboxylic acids is 3. The number of nitrogens with two attached hydrogens (primary N) is 1. The van der Waals surface area contributed by atoms with Crippen molar-refractivity contribution in [3.8, 4) is 0 Å². The van der Waals surface area contributed by atoms with Crippen LogP contribution >= 0.6 is 0 Å². The monoisotopic (exact) mass is 287 g/mol. The normalized spacial score (nSPS) is 9.52. The predicted molar refractivity (Wildman–Crippen MR) is 80.6 cm³/mol. The van der Waals surface area contributed by atoms with Crippen molar-refractivity contribution in [1.29, 1.82) is 0 Å². The first-order valence-corrected chi connectivity index (χ1v) is 6.21. The van der Waals surface area contributed by atoms with Crippen molar-refractivity contribution in [1.82, 2.24) is 4.90 Å². The highest BCUT2D eigenvalue weighted by molar-refractivity contribution is 6.39. The fraction of sp³-hybridized carbons (Fsp3) is 0.133. The van der Waals surface area contributed by atoms with E-state index >= 15 is 0 Å². The fourth-order valence-electron chi connectivity index (χ4n) is 1.60. The zero-order valence-electron chi connectivity index (χ0n) is 11.5. The second-order valence-corrected chi connectivity index (χ2v) is 4.18. The van der Waals surface area contributed by atoms with Crippen LogP contribution in [0, 0.1) is 0 Å². The molecule has 0 atom stereocenters. The number of nitrogens with one attached hydrogen (secondary N) is 1. The average Bonchev–Trinajstić information content (AvgIpc) is 2.46. The molecular formula is C15H17N3O3. The summed E-state index contributed by atoms with van der Waals surface area (Å²) in [6.45, 7) is 7.56. The van der Waals surface area contributed by atoms with Crippen LogP contribution in [0.4, 0.5) is 5.69 Å². The summed E-state index contributed by atoms with van der Waals surface area (Å²) in [5.74, 6) is -2.02. The first kappa shape index (κ1) is 16.2. The number of rotatable bonds is 6. The highest BCUT2D eigenvalue weighted by atomic mass is 16.2. The zero-order valence-corrected chi connectivity index (χ0v) is 11.5. The third-order valence-corrected chi connectivity index (χ3v) is 2.61. The molecule has 0 saturated heterocycles. The van der Waals surface area contributed by atoms with Gasteiger partial charge in [-0.2, -0.15) is 0 Å². The Labute approximate surface area is 122 Å². The summed E-state index contributed by atoms with van der Waals surface area (Å²) in [5, 5.41) is 2.45. The summed E-state index contributed by atoms with van der Waals surface area (Å²) in [6.07, 6.45) is 3.05. The number of hydrogen-bond acceptors (Lipinski definition) is 3. The Hall–Kier alpha value is -2.89. The molecule has 6 nitrogen and oxygen atoms in total. The summed E-state index contributed by atoms with van der Waals surface area (Å²) < 4.78 is 0. The summed E-state index contributed by atoms with van der Waals surface area (Å²) in [6, 6.07) is 5.93.